The number of thiazole rings is 1. The van der Waals surface area contributed by atoms with Crippen LogP contribution >= 0.6 is 27.3 Å². The average molecular weight is 303 g/mol. The van der Waals surface area contributed by atoms with E-state index < -0.39 is 5.82 Å². The Bertz CT molecular complexity index is 490. The van der Waals surface area contributed by atoms with Crippen LogP contribution in [0.3, 0.4) is 0 Å². The van der Waals surface area contributed by atoms with Crippen molar-refractivity contribution in [2.24, 2.45) is 0 Å². The van der Waals surface area contributed by atoms with Crippen molar-refractivity contribution in [2.45, 2.75) is 6.61 Å². The smallest absolute Gasteiger partial charge is 0.145 e. The summed E-state index contributed by atoms with van der Waals surface area (Å²) in [5, 5.41) is 2.67. The summed E-state index contributed by atoms with van der Waals surface area (Å²) in [5.41, 5.74) is 6.08. The number of hydrogen-bond donors (Lipinski definition) is 1. The van der Waals surface area contributed by atoms with Crippen LogP contribution in [0, 0.1) is 5.82 Å². The number of halogens is 2. The van der Waals surface area contributed by atoms with Gasteiger partial charge in [0.25, 0.3) is 0 Å². The lowest BCUT2D eigenvalue weighted by atomic mass is 10.3. The van der Waals surface area contributed by atoms with E-state index in [9.17, 15) is 4.39 Å². The molecule has 0 saturated carbocycles. The summed E-state index contributed by atoms with van der Waals surface area (Å²) in [6.45, 7) is 0.295. The fraction of sp³-hybridized carbons (Fsp3) is 0.100. The van der Waals surface area contributed by atoms with Gasteiger partial charge in [0.2, 0.25) is 0 Å². The summed E-state index contributed by atoms with van der Waals surface area (Å²) >= 11 is 4.52. The molecule has 0 aliphatic heterocycles. The standard InChI is InChI=1S/C10H8BrFN2OS/c11-6-3-8(13)9(4-7(6)12)15-5-10-14-1-2-16-10/h1-4H,5,13H2. The molecular formula is C10H8BrFN2OS. The summed E-state index contributed by atoms with van der Waals surface area (Å²) < 4.78 is 18.9. The van der Waals surface area contributed by atoms with Gasteiger partial charge in [-0.3, -0.25) is 0 Å². The average Bonchev–Trinajstić information content (AvgIpc) is 2.74. The van der Waals surface area contributed by atoms with Crippen LogP contribution in [0.25, 0.3) is 0 Å². The highest BCUT2D eigenvalue weighted by Gasteiger charge is 2.07. The molecule has 1 aromatic heterocycles. The molecule has 0 spiro atoms. The van der Waals surface area contributed by atoms with Crippen LogP contribution in [0.2, 0.25) is 0 Å². The molecule has 1 heterocycles. The molecule has 0 amide bonds. The minimum absolute atomic E-state index is 0.295. The fourth-order valence-electron chi connectivity index (χ4n) is 1.13. The maximum absolute atomic E-state index is 13.2. The summed E-state index contributed by atoms with van der Waals surface area (Å²) in [6, 6.07) is 2.74. The van der Waals surface area contributed by atoms with E-state index in [-0.39, 0.29) is 0 Å². The van der Waals surface area contributed by atoms with Crippen molar-refractivity contribution >= 4 is 33.0 Å². The van der Waals surface area contributed by atoms with E-state index in [2.05, 4.69) is 20.9 Å². The summed E-state index contributed by atoms with van der Waals surface area (Å²) in [7, 11) is 0. The topological polar surface area (TPSA) is 48.1 Å². The first-order valence-corrected chi connectivity index (χ1v) is 6.10. The van der Waals surface area contributed by atoms with Gasteiger partial charge >= 0.3 is 0 Å². The van der Waals surface area contributed by atoms with Crippen molar-refractivity contribution in [2.75, 3.05) is 5.73 Å². The highest BCUT2D eigenvalue weighted by Crippen LogP contribution is 2.29. The van der Waals surface area contributed by atoms with Gasteiger partial charge in [0.15, 0.2) is 0 Å². The SMILES string of the molecule is Nc1cc(Br)c(F)cc1OCc1nccs1. The first-order chi connectivity index (χ1) is 7.66. The second kappa shape index (κ2) is 4.80. The third kappa shape index (κ3) is 2.51. The minimum atomic E-state index is -0.400. The molecule has 0 fully saturated rings. The van der Waals surface area contributed by atoms with Crippen LogP contribution in [0.15, 0.2) is 28.2 Å². The number of rotatable bonds is 3. The maximum Gasteiger partial charge on any atom is 0.145 e. The second-order valence-electron chi connectivity index (χ2n) is 3.02. The van der Waals surface area contributed by atoms with Gasteiger partial charge in [0, 0.05) is 17.6 Å². The molecule has 0 radical (unpaired) electrons. The van der Waals surface area contributed by atoms with Gasteiger partial charge in [0.1, 0.15) is 23.2 Å². The van der Waals surface area contributed by atoms with Crippen molar-refractivity contribution in [3.8, 4) is 5.75 Å². The van der Waals surface area contributed by atoms with Crippen LogP contribution in [0.1, 0.15) is 5.01 Å². The normalized spacial score (nSPS) is 10.4. The molecule has 1 aromatic carbocycles. The lowest BCUT2D eigenvalue weighted by molar-refractivity contribution is 0.305. The van der Waals surface area contributed by atoms with E-state index in [1.165, 1.54) is 23.5 Å². The molecule has 0 aliphatic rings. The third-order valence-electron chi connectivity index (χ3n) is 1.89. The molecule has 3 nitrogen and oxygen atoms in total. The van der Waals surface area contributed by atoms with E-state index in [0.717, 1.165) is 5.01 Å². The summed E-state index contributed by atoms with van der Waals surface area (Å²) in [5.74, 6) is -0.0701. The number of anilines is 1. The number of nitrogens with two attached hydrogens (primary N) is 1. The zero-order valence-electron chi connectivity index (χ0n) is 8.11. The Morgan fingerprint density at radius 1 is 1.50 bits per heavy atom. The first kappa shape index (κ1) is 11.3. The lowest BCUT2D eigenvalue weighted by Gasteiger charge is -2.08. The number of nitrogens with zero attached hydrogens (tertiary/aromatic N) is 1. The number of hydrogen-bond acceptors (Lipinski definition) is 4. The Labute approximate surface area is 104 Å². The molecule has 16 heavy (non-hydrogen) atoms. The van der Waals surface area contributed by atoms with Crippen LogP contribution in [0.4, 0.5) is 10.1 Å². The molecule has 0 atom stereocenters. The van der Waals surface area contributed by atoms with Crippen molar-refractivity contribution in [1.29, 1.82) is 0 Å². The van der Waals surface area contributed by atoms with E-state index in [0.29, 0.717) is 22.5 Å². The van der Waals surface area contributed by atoms with Gasteiger partial charge in [-0.1, -0.05) is 0 Å². The Balaban J connectivity index is 2.12. The molecule has 2 rings (SSSR count). The van der Waals surface area contributed by atoms with E-state index >= 15 is 0 Å². The van der Waals surface area contributed by atoms with Crippen LogP contribution in [-0.4, -0.2) is 4.98 Å². The molecule has 84 valence electrons. The van der Waals surface area contributed by atoms with E-state index in [4.69, 9.17) is 10.5 Å². The second-order valence-corrected chi connectivity index (χ2v) is 4.85. The van der Waals surface area contributed by atoms with Crippen LogP contribution in [0.5, 0.6) is 5.75 Å². The van der Waals surface area contributed by atoms with Gasteiger partial charge < -0.3 is 10.5 Å². The molecule has 2 aromatic rings. The lowest BCUT2D eigenvalue weighted by Crippen LogP contribution is -1.99. The number of ether oxygens (including phenoxy) is 1. The monoisotopic (exact) mass is 302 g/mol. The van der Waals surface area contributed by atoms with E-state index in [1.54, 1.807) is 6.20 Å². The van der Waals surface area contributed by atoms with Crippen molar-refractivity contribution in [3.63, 3.8) is 0 Å². The van der Waals surface area contributed by atoms with Crippen molar-refractivity contribution in [1.82, 2.24) is 4.98 Å². The highest BCUT2D eigenvalue weighted by molar-refractivity contribution is 9.10. The Hall–Kier alpha value is -1.14. The highest BCUT2D eigenvalue weighted by atomic mass is 79.9. The molecule has 0 saturated heterocycles. The summed E-state index contributed by atoms with van der Waals surface area (Å²) in [6.07, 6.45) is 1.69. The first-order valence-electron chi connectivity index (χ1n) is 4.42. The predicted molar refractivity (Wildman–Crippen MR) is 65.0 cm³/mol. The van der Waals surface area contributed by atoms with Gasteiger partial charge in [-0.05, 0) is 22.0 Å². The Morgan fingerprint density at radius 3 is 3.00 bits per heavy atom. The zero-order chi connectivity index (χ0) is 11.5. The van der Waals surface area contributed by atoms with Crippen molar-refractivity contribution in [3.05, 3.63) is 39.0 Å². The fourth-order valence-corrected chi connectivity index (χ4v) is 2.02. The van der Waals surface area contributed by atoms with Crippen LogP contribution < -0.4 is 10.5 Å². The van der Waals surface area contributed by atoms with Crippen molar-refractivity contribution < 1.29 is 9.13 Å². The molecule has 0 unspecified atom stereocenters. The molecule has 2 N–H and O–H groups in total. The predicted octanol–water partition coefficient (Wildman–Crippen LogP) is 3.21. The van der Waals surface area contributed by atoms with Gasteiger partial charge in [-0.2, -0.15) is 0 Å². The van der Waals surface area contributed by atoms with Gasteiger partial charge in [-0.25, -0.2) is 9.37 Å². The Kier molecular flexibility index (Phi) is 3.40. The van der Waals surface area contributed by atoms with Gasteiger partial charge in [-0.15, -0.1) is 11.3 Å². The summed E-state index contributed by atoms with van der Waals surface area (Å²) in [4.78, 5) is 4.05. The number of benzene rings is 1. The maximum atomic E-state index is 13.2. The number of nitrogen functional groups attached to an aromatic ring is 1. The van der Waals surface area contributed by atoms with Crippen LogP contribution in [-0.2, 0) is 6.61 Å². The molecular weight excluding hydrogens is 295 g/mol. The Morgan fingerprint density at radius 2 is 2.31 bits per heavy atom. The quantitative estimate of drug-likeness (QED) is 0.886. The minimum Gasteiger partial charge on any atom is -0.484 e. The molecule has 0 bridgehead atoms. The molecule has 6 heteroatoms. The number of aromatic nitrogens is 1. The van der Waals surface area contributed by atoms with E-state index in [1.807, 2.05) is 5.38 Å². The zero-order valence-corrected chi connectivity index (χ0v) is 10.5. The molecule has 0 aliphatic carbocycles. The third-order valence-corrected chi connectivity index (χ3v) is 3.25. The van der Waals surface area contributed by atoms with Gasteiger partial charge in [0.05, 0.1) is 10.2 Å². The largest absolute Gasteiger partial charge is 0.484 e.